The van der Waals surface area contributed by atoms with E-state index in [4.69, 9.17) is 4.99 Å². The van der Waals surface area contributed by atoms with Gasteiger partial charge in [0.2, 0.25) is 0 Å². The van der Waals surface area contributed by atoms with Gasteiger partial charge < -0.3 is 0 Å². The van der Waals surface area contributed by atoms with Crippen LogP contribution in [-0.2, 0) is 6.54 Å². The van der Waals surface area contributed by atoms with Gasteiger partial charge in [0, 0.05) is 11.6 Å². The van der Waals surface area contributed by atoms with Crippen LogP contribution in [0, 0.1) is 0 Å². The zero-order chi connectivity index (χ0) is 12.2. The van der Waals surface area contributed by atoms with Crippen LogP contribution < -0.4 is 0 Å². The van der Waals surface area contributed by atoms with Crippen molar-refractivity contribution in [3.63, 3.8) is 0 Å². The van der Waals surface area contributed by atoms with Gasteiger partial charge in [0.25, 0.3) is 0 Å². The average Bonchev–Trinajstić information content (AvgIpc) is 2.40. The van der Waals surface area contributed by atoms with Gasteiger partial charge in [-0.3, -0.25) is 4.99 Å². The second-order valence-electron chi connectivity index (χ2n) is 4.80. The molecule has 90 valence electrons. The highest BCUT2D eigenvalue weighted by atomic mass is 14.8. The highest BCUT2D eigenvalue weighted by Crippen LogP contribution is 2.34. The van der Waals surface area contributed by atoms with Gasteiger partial charge in [-0.2, -0.15) is 0 Å². The first-order valence-corrected chi connectivity index (χ1v) is 6.55. The molecule has 1 unspecified atom stereocenters. The van der Waals surface area contributed by atoms with E-state index in [1.54, 1.807) is 0 Å². The van der Waals surface area contributed by atoms with Crippen LogP contribution in [0.3, 0.4) is 0 Å². The molecule has 0 aromatic heterocycles. The highest BCUT2D eigenvalue weighted by molar-refractivity contribution is 5.96. The summed E-state index contributed by atoms with van der Waals surface area (Å²) in [6, 6.07) is 21.2. The van der Waals surface area contributed by atoms with Gasteiger partial charge in [-0.05, 0) is 24.0 Å². The lowest BCUT2D eigenvalue weighted by molar-refractivity contribution is 0.683. The minimum Gasteiger partial charge on any atom is -0.289 e. The Bertz CT molecular complexity index is 528. The van der Waals surface area contributed by atoms with E-state index in [-0.39, 0.29) is 0 Å². The Morgan fingerprint density at radius 1 is 0.889 bits per heavy atom. The molecule has 3 rings (SSSR count). The molecule has 2 aromatic carbocycles. The summed E-state index contributed by atoms with van der Waals surface area (Å²) in [7, 11) is 0. The number of nitrogens with zero attached hydrogens (tertiary/aromatic N) is 1. The van der Waals surface area contributed by atoms with E-state index in [1.807, 2.05) is 6.07 Å². The van der Waals surface area contributed by atoms with Crippen LogP contribution in [0.25, 0.3) is 0 Å². The van der Waals surface area contributed by atoms with Crippen molar-refractivity contribution >= 4 is 5.71 Å². The zero-order valence-corrected chi connectivity index (χ0v) is 10.4. The molecular weight excluding hydrogens is 218 g/mol. The van der Waals surface area contributed by atoms with Crippen molar-refractivity contribution in [2.24, 2.45) is 4.99 Å². The molecule has 1 fully saturated rings. The van der Waals surface area contributed by atoms with Crippen LogP contribution in [0.4, 0.5) is 0 Å². The summed E-state index contributed by atoms with van der Waals surface area (Å²) < 4.78 is 0. The molecule has 0 radical (unpaired) electrons. The SMILES string of the molecule is c1ccc(CN=C2CCC2c2ccccc2)cc1. The minimum atomic E-state index is 0.565. The first-order chi connectivity index (χ1) is 8.93. The third-order valence-electron chi connectivity index (χ3n) is 3.60. The van der Waals surface area contributed by atoms with Crippen LogP contribution >= 0.6 is 0 Å². The largest absolute Gasteiger partial charge is 0.289 e. The molecule has 0 aliphatic heterocycles. The zero-order valence-electron chi connectivity index (χ0n) is 10.4. The number of hydrogen-bond donors (Lipinski definition) is 0. The lowest BCUT2D eigenvalue weighted by Crippen LogP contribution is -2.23. The van der Waals surface area contributed by atoms with Crippen LogP contribution in [-0.4, -0.2) is 5.71 Å². The summed E-state index contributed by atoms with van der Waals surface area (Å²) in [6.07, 6.45) is 2.41. The van der Waals surface area contributed by atoms with E-state index in [0.717, 1.165) is 13.0 Å². The fraction of sp³-hybridized carbons (Fsp3) is 0.235. The lowest BCUT2D eigenvalue weighted by atomic mass is 9.78. The maximum Gasteiger partial charge on any atom is 0.0639 e. The summed E-state index contributed by atoms with van der Waals surface area (Å²) >= 11 is 0. The number of benzene rings is 2. The van der Waals surface area contributed by atoms with Crippen molar-refractivity contribution in [2.45, 2.75) is 25.3 Å². The molecule has 0 amide bonds. The molecule has 1 heteroatoms. The molecule has 0 bridgehead atoms. The average molecular weight is 235 g/mol. The van der Waals surface area contributed by atoms with E-state index in [0.29, 0.717) is 5.92 Å². The normalized spacial score (nSPS) is 20.7. The van der Waals surface area contributed by atoms with Crippen LogP contribution in [0.1, 0.15) is 29.9 Å². The standard InChI is InChI=1S/C17H17N/c1-3-7-14(8-4-1)13-18-17-12-11-16(17)15-9-5-2-6-10-15/h1-10,16H,11-13H2. The summed E-state index contributed by atoms with van der Waals surface area (Å²) in [5, 5.41) is 0. The second-order valence-corrected chi connectivity index (χ2v) is 4.80. The monoisotopic (exact) mass is 235 g/mol. The molecule has 1 atom stereocenters. The van der Waals surface area contributed by atoms with E-state index in [2.05, 4.69) is 54.6 Å². The van der Waals surface area contributed by atoms with Crippen molar-refractivity contribution in [2.75, 3.05) is 0 Å². The van der Waals surface area contributed by atoms with Gasteiger partial charge in [-0.1, -0.05) is 60.7 Å². The Balaban J connectivity index is 1.70. The first-order valence-electron chi connectivity index (χ1n) is 6.55. The molecule has 0 heterocycles. The van der Waals surface area contributed by atoms with Gasteiger partial charge in [0.1, 0.15) is 0 Å². The maximum absolute atomic E-state index is 4.77. The van der Waals surface area contributed by atoms with Gasteiger partial charge in [0.05, 0.1) is 6.54 Å². The van der Waals surface area contributed by atoms with Crippen LogP contribution in [0.2, 0.25) is 0 Å². The van der Waals surface area contributed by atoms with E-state index in [1.165, 1.54) is 23.3 Å². The van der Waals surface area contributed by atoms with Gasteiger partial charge in [-0.25, -0.2) is 0 Å². The number of rotatable bonds is 3. The second kappa shape index (κ2) is 5.18. The summed E-state index contributed by atoms with van der Waals surface area (Å²) in [4.78, 5) is 4.77. The fourth-order valence-corrected chi connectivity index (χ4v) is 2.43. The third kappa shape index (κ3) is 2.35. The number of hydrogen-bond acceptors (Lipinski definition) is 1. The van der Waals surface area contributed by atoms with Crippen molar-refractivity contribution in [1.82, 2.24) is 0 Å². The van der Waals surface area contributed by atoms with Crippen LogP contribution in [0.15, 0.2) is 65.7 Å². The first kappa shape index (κ1) is 11.2. The van der Waals surface area contributed by atoms with Gasteiger partial charge in [0.15, 0.2) is 0 Å². The Hall–Kier alpha value is -1.89. The van der Waals surface area contributed by atoms with Crippen molar-refractivity contribution in [1.29, 1.82) is 0 Å². The summed E-state index contributed by atoms with van der Waals surface area (Å²) in [5.41, 5.74) is 4.07. The number of aliphatic imine (C=N–C) groups is 1. The smallest absolute Gasteiger partial charge is 0.0639 e. The molecule has 18 heavy (non-hydrogen) atoms. The third-order valence-corrected chi connectivity index (χ3v) is 3.60. The fourth-order valence-electron chi connectivity index (χ4n) is 2.43. The molecule has 1 nitrogen and oxygen atoms in total. The highest BCUT2D eigenvalue weighted by Gasteiger charge is 2.26. The summed E-state index contributed by atoms with van der Waals surface area (Å²) in [5.74, 6) is 0.565. The topological polar surface area (TPSA) is 12.4 Å². The molecular formula is C17H17N. The van der Waals surface area contributed by atoms with Gasteiger partial charge >= 0.3 is 0 Å². The van der Waals surface area contributed by atoms with Crippen LogP contribution in [0.5, 0.6) is 0 Å². The Morgan fingerprint density at radius 2 is 1.56 bits per heavy atom. The predicted octanol–water partition coefficient (Wildman–Crippen LogP) is 4.21. The molecule has 0 spiro atoms. The van der Waals surface area contributed by atoms with Crippen molar-refractivity contribution in [3.8, 4) is 0 Å². The molecule has 1 saturated carbocycles. The van der Waals surface area contributed by atoms with E-state index >= 15 is 0 Å². The lowest BCUT2D eigenvalue weighted by Gasteiger charge is -2.29. The Morgan fingerprint density at radius 3 is 2.17 bits per heavy atom. The Kier molecular flexibility index (Phi) is 3.22. The molecule has 1 aliphatic carbocycles. The maximum atomic E-state index is 4.77. The molecule has 1 aliphatic rings. The molecule has 2 aromatic rings. The quantitative estimate of drug-likeness (QED) is 0.756. The Labute approximate surface area is 108 Å². The molecule has 0 N–H and O–H groups in total. The van der Waals surface area contributed by atoms with Crippen molar-refractivity contribution in [3.05, 3.63) is 71.8 Å². The van der Waals surface area contributed by atoms with E-state index in [9.17, 15) is 0 Å². The van der Waals surface area contributed by atoms with Gasteiger partial charge in [-0.15, -0.1) is 0 Å². The minimum absolute atomic E-state index is 0.565. The van der Waals surface area contributed by atoms with Crippen molar-refractivity contribution < 1.29 is 0 Å². The summed E-state index contributed by atoms with van der Waals surface area (Å²) in [6.45, 7) is 0.819. The van der Waals surface area contributed by atoms with E-state index < -0.39 is 0 Å². The molecule has 0 saturated heterocycles. The predicted molar refractivity (Wildman–Crippen MR) is 76.0 cm³/mol.